The molecule has 1 unspecified atom stereocenters. The fourth-order valence-corrected chi connectivity index (χ4v) is 3.78. The molecule has 3 rings (SSSR count). The molecule has 0 N–H and O–H groups in total. The zero-order valence-electron chi connectivity index (χ0n) is 11.9. The van der Waals surface area contributed by atoms with Crippen LogP contribution in [0.1, 0.15) is 35.2 Å². The fourth-order valence-electron chi connectivity index (χ4n) is 3.36. The van der Waals surface area contributed by atoms with E-state index in [9.17, 15) is 4.79 Å². The standard InChI is InChI=1S/C16H21BrN2O/c1-12-5-6-15(17)14(10-12)16(20)19-9-3-8-18-7-2-4-13(18)11-19/h5-6,10,13H,2-4,7-9,11H2,1H3. The second-order valence-electron chi connectivity index (χ2n) is 5.92. The van der Waals surface area contributed by atoms with Crippen molar-refractivity contribution in [2.24, 2.45) is 0 Å². The van der Waals surface area contributed by atoms with Crippen molar-refractivity contribution in [1.29, 1.82) is 0 Å². The van der Waals surface area contributed by atoms with Crippen LogP contribution in [-0.2, 0) is 0 Å². The smallest absolute Gasteiger partial charge is 0.255 e. The van der Waals surface area contributed by atoms with Gasteiger partial charge in [-0.25, -0.2) is 0 Å². The van der Waals surface area contributed by atoms with E-state index in [1.165, 1.54) is 19.4 Å². The molecule has 3 nitrogen and oxygen atoms in total. The molecule has 108 valence electrons. The average Bonchev–Trinajstić information content (AvgIpc) is 2.78. The van der Waals surface area contributed by atoms with Crippen molar-refractivity contribution >= 4 is 21.8 Å². The van der Waals surface area contributed by atoms with E-state index in [1.54, 1.807) is 0 Å². The number of hydrogen-bond donors (Lipinski definition) is 0. The number of hydrogen-bond acceptors (Lipinski definition) is 2. The van der Waals surface area contributed by atoms with Gasteiger partial charge in [-0.3, -0.25) is 9.69 Å². The first-order valence-corrected chi connectivity index (χ1v) is 8.24. The molecule has 2 fully saturated rings. The number of carbonyl (C=O) groups excluding carboxylic acids is 1. The number of halogens is 1. The van der Waals surface area contributed by atoms with E-state index in [-0.39, 0.29) is 5.91 Å². The van der Waals surface area contributed by atoms with Gasteiger partial charge in [-0.1, -0.05) is 11.6 Å². The van der Waals surface area contributed by atoms with Gasteiger partial charge in [0.25, 0.3) is 5.91 Å². The number of aryl methyl sites for hydroxylation is 1. The van der Waals surface area contributed by atoms with E-state index in [4.69, 9.17) is 0 Å². The van der Waals surface area contributed by atoms with E-state index in [2.05, 4.69) is 25.7 Å². The SMILES string of the molecule is Cc1ccc(Br)c(C(=O)N2CCCN3CCCC3C2)c1. The molecule has 0 aliphatic carbocycles. The Labute approximate surface area is 129 Å². The van der Waals surface area contributed by atoms with E-state index >= 15 is 0 Å². The minimum absolute atomic E-state index is 0.175. The number of rotatable bonds is 1. The lowest BCUT2D eigenvalue weighted by molar-refractivity contribution is 0.0742. The Morgan fingerprint density at radius 3 is 2.90 bits per heavy atom. The van der Waals surface area contributed by atoms with Gasteiger partial charge in [-0.05, 0) is 60.8 Å². The average molecular weight is 337 g/mol. The third-order valence-electron chi connectivity index (χ3n) is 4.44. The molecule has 4 heteroatoms. The van der Waals surface area contributed by atoms with Crippen LogP contribution in [0.25, 0.3) is 0 Å². The highest BCUT2D eigenvalue weighted by Gasteiger charge is 2.31. The molecule has 1 atom stereocenters. The van der Waals surface area contributed by atoms with Gasteiger partial charge in [0.2, 0.25) is 0 Å². The first-order chi connectivity index (χ1) is 9.65. The molecule has 0 saturated carbocycles. The molecule has 0 spiro atoms. The maximum absolute atomic E-state index is 12.8. The summed E-state index contributed by atoms with van der Waals surface area (Å²) in [6.45, 7) is 6.15. The van der Waals surface area contributed by atoms with Gasteiger partial charge in [0.05, 0.1) is 5.56 Å². The van der Waals surface area contributed by atoms with Gasteiger partial charge in [0.1, 0.15) is 0 Å². The van der Waals surface area contributed by atoms with E-state index in [1.807, 2.05) is 25.1 Å². The Hall–Kier alpha value is -0.870. The summed E-state index contributed by atoms with van der Waals surface area (Å²) >= 11 is 3.52. The molecule has 2 aliphatic heterocycles. The van der Waals surface area contributed by atoms with E-state index in [0.29, 0.717) is 6.04 Å². The lowest BCUT2D eigenvalue weighted by Gasteiger charge is -2.26. The molecule has 2 aliphatic rings. The highest BCUT2D eigenvalue weighted by molar-refractivity contribution is 9.10. The summed E-state index contributed by atoms with van der Waals surface area (Å²) < 4.78 is 0.903. The van der Waals surface area contributed by atoms with Gasteiger partial charge in [-0.15, -0.1) is 0 Å². The zero-order valence-corrected chi connectivity index (χ0v) is 13.5. The van der Waals surface area contributed by atoms with Crippen molar-refractivity contribution < 1.29 is 4.79 Å². The Bertz CT molecular complexity index is 517. The molecule has 0 aromatic heterocycles. The molecule has 20 heavy (non-hydrogen) atoms. The van der Waals surface area contributed by atoms with Crippen LogP contribution in [0.15, 0.2) is 22.7 Å². The third kappa shape index (κ3) is 2.77. The van der Waals surface area contributed by atoms with E-state index < -0.39 is 0 Å². The molecule has 1 amide bonds. The Kier molecular flexibility index (Phi) is 4.13. The Morgan fingerprint density at radius 1 is 1.25 bits per heavy atom. The van der Waals surface area contributed by atoms with Crippen LogP contribution >= 0.6 is 15.9 Å². The summed E-state index contributed by atoms with van der Waals surface area (Å²) in [5.74, 6) is 0.175. The van der Waals surface area contributed by atoms with Crippen LogP contribution in [0.3, 0.4) is 0 Å². The summed E-state index contributed by atoms with van der Waals surface area (Å²) in [6, 6.07) is 6.57. The summed E-state index contributed by atoms with van der Waals surface area (Å²) in [5.41, 5.74) is 1.94. The van der Waals surface area contributed by atoms with Gasteiger partial charge < -0.3 is 4.90 Å². The normalized spacial score (nSPS) is 23.5. The molecule has 2 heterocycles. The zero-order chi connectivity index (χ0) is 14.1. The molecular weight excluding hydrogens is 316 g/mol. The van der Waals surface area contributed by atoms with Crippen molar-refractivity contribution in [2.45, 2.75) is 32.2 Å². The number of nitrogens with zero attached hydrogens (tertiary/aromatic N) is 2. The Balaban J connectivity index is 1.80. The largest absolute Gasteiger partial charge is 0.337 e. The van der Waals surface area contributed by atoms with Crippen LogP contribution in [0, 0.1) is 6.92 Å². The van der Waals surface area contributed by atoms with Gasteiger partial charge >= 0.3 is 0 Å². The molecule has 1 aromatic rings. The van der Waals surface area contributed by atoms with Crippen molar-refractivity contribution in [3.8, 4) is 0 Å². The second kappa shape index (κ2) is 5.86. The predicted molar refractivity (Wildman–Crippen MR) is 84.0 cm³/mol. The monoisotopic (exact) mass is 336 g/mol. The molecule has 1 aromatic carbocycles. The number of fused-ring (bicyclic) bond motifs is 1. The number of benzene rings is 1. The summed E-state index contributed by atoms with van der Waals surface area (Å²) in [4.78, 5) is 17.4. The third-order valence-corrected chi connectivity index (χ3v) is 5.13. The maximum Gasteiger partial charge on any atom is 0.255 e. The van der Waals surface area contributed by atoms with Crippen molar-refractivity contribution in [2.75, 3.05) is 26.2 Å². The minimum Gasteiger partial charge on any atom is -0.337 e. The predicted octanol–water partition coefficient (Wildman–Crippen LogP) is 3.07. The van der Waals surface area contributed by atoms with E-state index in [0.717, 1.165) is 41.7 Å². The quantitative estimate of drug-likeness (QED) is 0.786. The molecule has 0 bridgehead atoms. The van der Waals surface area contributed by atoms with Crippen LogP contribution in [0.5, 0.6) is 0 Å². The lowest BCUT2D eigenvalue weighted by atomic mass is 10.1. The van der Waals surface area contributed by atoms with Crippen LogP contribution in [0.4, 0.5) is 0 Å². The minimum atomic E-state index is 0.175. The van der Waals surface area contributed by atoms with Gasteiger partial charge in [0.15, 0.2) is 0 Å². The van der Waals surface area contributed by atoms with Crippen LogP contribution in [-0.4, -0.2) is 47.9 Å². The summed E-state index contributed by atoms with van der Waals surface area (Å²) in [6.07, 6.45) is 3.60. The van der Waals surface area contributed by atoms with Crippen molar-refractivity contribution in [1.82, 2.24) is 9.80 Å². The topological polar surface area (TPSA) is 23.6 Å². The maximum atomic E-state index is 12.8. The Morgan fingerprint density at radius 2 is 2.05 bits per heavy atom. The first kappa shape index (κ1) is 14.1. The highest BCUT2D eigenvalue weighted by atomic mass is 79.9. The second-order valence-corrected chi connectivity index (χ2v) is 6.77. The highest BCUT2D eigenvalue weighted by Crippen LogP contribution is 2.24. The lowest BCUT2D eigenvalue weighted by Crippen LogP contribution is -2.39. The molecule has 0 radical (unpaired) electrons. The fraction of sp³-hybridized carbons (Fsp3) is 0.562. The van der Waals surface area contributed by atoms with Crippen LogP contribution in [0.2, 0.25) is 0 Å². The van der Waals surface area contributed by atoms with Gasteiger partial charge in [0, 0.05) is 30.1 Å². The van der Waals surface area contributed by atoms with Gasteiger partial charge in [-0.2, -0.15) is 0 Å². The van der Waals surface area contributed by atoms with Crippen molar-refractivity contribution in [3.63, 3.8) is 0 Å². The molecular formula is C16H21BrN2O. The summed E-state index contributed by atoms with van der Waals surface area (Å²) in [5, 5.41) is 0. The summed E-state index contributed by atoms with van der Waals surface area (Å²) in [7, 11) is 0. The number of carbonyl (C=O) groups is 1. The number of amides is 1. The van der Waals surface area contributed by atoms with Crippen LogP contribution < -0.4 is 0 Å². The van der Waals surface area contributed by atoms with Crippen molar-refractivity contribution in [3.05, 3.63) is 33.8 Å². The molecule has 2 saturated heterocycles. The first-order valence-electron chi connectivity index (χ1n) is 7.44.